The largest absolute Gasteiger partial charge is 0.378 e. The SMILES string of the molecule is CN(Cc1nc2ccccc2s1)C(=O)C(O)c1ccccc1. The highest BCUT2D eigenvalue weighted by atomic mass is 32.1. The molecule has 2 aromatic carbocycles. The lowest BCUT2D eigenvalue weighted by Gasteiger charge is -2.19. The van der Waals surface area contributed by atoms with Crippen molar-refractivity contribution < 1.29 is 9.90 Å². The van der Waals surface area contributed by atoms with Crippen LogP contribution in [0.2, 0.25) is 0 Å². The van der Waals surface area contributed by atoms with Gasteiger partial charge in [0.25, 0.3) is 5.91 Å². The second-order valence-corrected chi connectivity index (χ2v) is 6.20. The summed E-state index contributed by atoms with van der Waals surface area (Å²) >= 11 is 1.56. The summed E-state index contributed by atoms with van der Waals surface area (Å²) in [6.45, 7) is 0.391. The zero-order valence-electron chi connectivity index (χ0n) is 12.1. The molecule has 3 rings (SSSR count). The summed E-state index contributed by atoms with van der Waals surface area (Å²) < 4.78 is 1.10. The third kappa shape index (κ3) is 3.00. The molecular formula is C17H16N2O2S. The summed E-state index contributed by atoms with van der Waals surface area (Å²) in [5.74, 6) is -0.328. The van der Waals surface area contributed by atoms with E-state index >= 15 is 0 Å². The molecule has 0 aliphatic rings. The van der Waals surface area contributed by atoms with Gasteiger partial charge in [0.15, 0.2) is 6.10 Å². The van der Waals surface area contributed by atoms with Crippen molar-refractivity contribution in [2.45, 2.75) is 12.6 Å². The Balaban J connectivity index is 1.73. The number of hydrogen-bond acceptors (Lipinski definition) is 4. The van der Waals surface area contributed by atoms with Crippen molar-refractivity contribution in [2.24, 2.45) is 0 Å². The molecule has 0 aliphatic heterocycles. The predicted molar refractivity (Wildman–Crippen MR) is 87.5 cm³/mol. The molecule has 1 atom stereocenters. The van der Waals surface area contributed by atoms with Crippen LogP contribution in [-0.2, 0) is 11.3 Å². The van der Waals surface area contributed by atoms with Gasteiger partial charge in [-0.2, -0.15) is 0 Å². The van der Waals surface area contributed by atoms with Crippen molar-refractivity contribution >= 4 is 27.5 Å². The van der Waals surface area contributed by atoms with Crippen molar-refractivity contribution in [1.29, 1.82) is 0 Å². The van der Waals surface area contributed by atoms with Gasteiger partial charge in [0.1, 0.15) is 5.01 Å². The molecule has 4 nitrogen and oxygen atoms in total. The second kappa shape index (κ2) is 6.25. The zero-order chi connectivity index (χ0) is 15.5. The first kappa shape index (κ1) is 14.7. The average molecular weight is 312 g/mol. The van der Waals surface area contributed by atoms with Crippen molar-refractivity contribution in [1.82, 2.24) is 9.88 Å². The molecule has 0 bridgehead atoms. The van der Waals surface area contributed by atoms with Crippen LogP contribution in [0.3, 0.4) is 0 Å². The summed E-state index contributed by atoms with van der Waals surface area (Å²) in [6.07, 6.45) is -1.14. The molecule has 112 valence electrons. The van der Waals surface area contributed by atoms with Gasteiger partial charge in [0.05, 0.1) is 16.8 Å². The van der Waals surface area contributed by atoms with Gasteiger partial charge in [-0.15, -0.1) is 11.3 Å². The molecule has 1 aromatic heterocycles. The molecule has 0 aliphatic carbocycles. The average Bonchev–Trinajstić information content (AvgIpc) is 2.96. The molecule has 22 heavy (non-hydrogen) atoms. The van der Waals surface area contributed by atoms with E-state index < -0.39 is 6.10 Å². The Kier molecular flexibility index (Phi) is 4.18. The Hall–Kier alpha value is -2.24. The molecular weight excluding hydrogens is 296 g/mol. The number of hydrogen-bond donors (Lipinski definition) is 1. The highest BCUT2D eigenvalue weighted by Gasteiger charge is 2.21. The molecule has 5 heteroatoms. The number of amides is 1. The Morgan fingerprint density at radius 2 is 1.86 bits per heavy atom. The Morgan fingerprint density at radius 3 is 2.59 bits per heavy atom. The lowest BCUT2D eigenvalue weighted by molar-refractivity contribution is -0.139. The fourth-order valence-corrected chi connectivity index (χ4v) is 3.28. The standard InChI is InChI=1S/C17H16N2O2S/c1-19(17(21)16(20)12-7-3-2-4-8-12)11-15-18-13-9-5-6-10-14(13)22-15/h2-10,16,20H,11H2,1H3. The molecule has 0 saturated carbocycles. The highest BCUT2D eigenvalue weighted by Crippen LogP contribution is 2.23. The minimum absolute atomic E-state index is 0.328. The zero-order valence-corrected chi connectivity index (χ0v) is 13.0. The van der Waals surface area contributed by atoms with Crippen LogP contribution in [0, 0.1) is 0 Å². The van der Waals surface area contributed by atoms with Crippen molar-refractivity contribution in [2.75, 3.05) is 7.05 Å². The van der Waals surface area contributed by atoms with Crippen LogP contribution in [0.25, 0.3) is 10.2 Å². The quantitative estimate of drug-likeness (QED) is 0.806. The van der Waals surface area contributed by atoms with Gasteiger partial charge < -0.3 is 10.0 Å². The fourth-order valence-electron chi connectivity index (χ4n) is 2.26. The Morgan fingerprint density at radius 1 is 1.18 bits per heavy atom. The number of aliphatic hydroxyl groups is 1. The number of aliphatic hydroxyl groups excluding tert-OH is 1. The van der Waals surface area contributed by atoms with E-state index in [1.807, 2.05) is 30.3 Å². The van der Waals surface area contributed by atoms with Gasteiger partial charge in [0.2, 0.25) is 0 Å². The normalized spacial score (nSPS) is 12.3. The minimum atomic E-state index is -1.14. The van der Waals surface area contributed by atoms with Gasteiger partial charge in [-0.05, 0) is 17.7 Å². The Labute approximate surface area is 132 Å². The maximum atomic E-state index is 12.3. The number of aromatic nitrogens is 1. The summed E-state index contributed by atoms with van der Waals surface area (Å²) in [5, 5.41) is 11.0. The van der Waals surface area contributed by atoms with E-state index in [1.54, 1.807) is 42.6 Å². The number of likely N-dealkylation sites (N-methyl/N-ethyl adjacent to an activating group) is 1. The van der Waals surface area contributed by atoms with Crippen LogP contribution < -0.4 is 0 Å². The summed E-state index contributed by atoms with van der Waals surface area (Å²) in [4.78, 5) is 18.3. The second-order valence-electron chi connectivity index (χ2n) is 5.08. The lowest BCUT2D eigenvalue weighted by atomic mass is 10.1. The summed E-state index contributed by atoms with van der Waals surface area (Å²) in [6, 6.07) is 16.8. The Bertz CT molecular complexity index is 752. The van der Waals surface area contributed by atoms with Gasteiger partial charge in [0, 0.05) is 7.05 Å². The van der Waals surface area contributed by atoms with Gasteiger partial charge in [-0.1, -0.05) is 42.5 Å². The molecule has 1 N–H and O–H groups in total. The minimum Gasteiger partial charge on any atom is -0.378 e. The van der Waals surface area contributed by atoms with E-state index in [-0.39, 0.29) is 5.91 Å². The number of thiazole rings is 1. The van der Waals surface area contributed by atoms with Crippen LogP contribution in [0.4, 0.5) is 0 Å². The van der Waals surface area contributed by atoms with Crippen LogP contribution in [-0.4, -0.2) is 27.9 Å². The topological polar surface area (TPSA) is 53.4 Å². The van der Waals surface area contributed by atoms with Crippen molar-refractivity contribution in [3.8, 4) is 0 Å². The molecule has 1 amide bonds. The number of rotatable bonds is 4. The number of carbonyl (C=O) groups excluding carboxylic acids is 1. The van der Waals surface area contributed by atoms with Crippen LogP contribution in [0.1, 0.15) is 16.7 Å². The molecule has 1 unspecified atom stereocenters. The molecule has 0 fully saturated rings. The van der Waals surface area contributed by atoms with E-state index in [2.05, 4.69) is 4.98 Å². The van der Waals surface area contributed by atoms with Crippen LogP contribution in [0.5, 0.6) is 0 Å². The highest BCUT2D eigenvalue weighted by molar-refractivity contribution is 7.18. The van der Waals surface area contributed by atoms with E-state index in [0.717, 1.165) is 15.2 Å². The maximum absolute atomic E-state index is 12.3. The number of para-hydroxylation sites is 1. The number of carbonyl (C=O) groups is 1. The molecule has 1 heterocycles. The van der Waals surface area contributed by atoms with Crippen molar-refractivity contribution in [3.05, 3.63) is 65.2 Å². The first-order valence-corrected chi connectivity index (χ1v) is 7.79. The smallest absolute Gasteiger partial charge is 0.256 e. The third-order valence-corrected chi connectivity index (χ3v) is 4.46. The van der Waals surface area contributed by atoms with Crippen LogP contribution >= 0.6 is 11.3 Å². The number of nitrogens with zero attached hydrogens (tertiary/aromatic N) is 2. The van der Waals surface area contributed by atoms with Gasteiger partial charge >= 0.3 is 0 Å². The number of fused-ring (bicyclic) bond motifs is 1. The predicted octanol–water partition coefficient (Wildman–Crippen LogP) is 2.99. The third-order valence-electron chi connectivity index (χ3n) is 3.44. The first-order valence-electron chi connectivity index (χ1n) is 6.97. The fraction of sp³-hybridized carbons (Fsp3) is 0.176. The van der Waals surface area contributed by atoms with E-state index in [4.69, 9.17) is 0 Å². The number of benzene rings is 2. The first-order chi connectivity index (χ1) is 10.6. The van der Waals surface area contributed by atoms with Crippen molar-refractivity contribution in [3.63, 3.8) is 0 Å². The van der Waals surface area contributed by atoms with Gasteiger partial charge in [-0.3, -0.25) is 4.79 Å². The molecule has 3 aromatic rings. The maximum Gasteiger partial charge on any atom is 0.256 e. The molecule has 0 saturated heterocycles. The van der Waals surface area contributed by atoms with Crippen LogP contribution in [0.15, 0.2) is 54.6 Å². The summed E-state index contributed by atoms with van der Waals surface area (Å²) in [5.41, 5.74) is 1.54. The van der Waals surface area contributed by atoms with E-state index in [9.17, 15) is 9.90 Å². The lowest BCUT2D eigenvalue weighted by Crippen LogP contribution is -2.31. The molecule has 0 radical (unpaired) electrons. The molecule has 0 spiro atoms. The summed E-state index contributed by atoms with van der Waals surface area (Å²) in [7, 11) is 1.68. The monoisotopic (exact) mass is 312 g/mol. The van der Waals surface area contributed by atoms with E-state index in [1.165, 1.54) is 4.90 Å². The van der Waals surface area contributed by atoms with Gasteiger partial charge in [-0.25, -0.2) is 4.98 Å². The van der Waals surface area contributed by atoms with E-state index in [0.29, 0.717) is 12.1 Å².